The van der Waals surface area contributed by atoms with E-state index in [1.807, 2.05) is 12.1 Å². The van der Waals surface area contributed by atoms with Crippen molar-refractivity contribution in [3.63, 3.8) is 0 Å². The van der Waals surface area contributed by atoms with E-state index in [-0.39, 0.29) is 23.8 Å². The lowest BCUT2D eigenvalue weighted by atomic mass is 9.88. The van der Waals surface area contributed by atoms with Gasteiger partial charge in [-0.2, -0.15) is 0 Å². The quantitative estimate of drug-likeness (QED) is 0.782. The van der Waals surface area contributed by atoms with E-state index in [0.29, 0.717) is 11.0 Å². The molecule has 0 amide bonds. The van der Waals surface area contributed by atoms with Crippen LogP contribution in [0, 0.1) is 5.41 Å². The number of nitrogens with one attached hydrogen (secondary N) is 1. The number of aromatic hydroxyl groups is 1. The summed E-state index contributed by atoms with van der Waals surface area (Å²) in [5.41, 5.74) is 0.997. The number of hydrogen-bond donors (Lipinski definition) is 3. The third-order valence-electron chi connectivity index (χ3n) is 2.73. The molecule has 0 spiro atoms. The number of aliphatic hydroxyl groups excluding tert-OH is 1. The van der Waals surface area contributed by atoms with Crippen LogP contribution in [0.2, 0.25) is 0 Å². The first-order chi connectivity index (χ1) is 8.33. The average molecular weight is 316 g/mol. The van der Waals surface area contributed by atoms with E-state index in [1.165, 1.54) is 0 Å². The first-order valence-corrected chi connectivity index (χ1v) is 6.93. The Balaban J connectivity index is 2.60. The SMILES string of the molecule is CC(C)(C)CC(CO)NCc1cccc(Br)c1O. The van der Waals surface area contributed by atoms with Crippen LogP contribution < -0.4 is 5.32 Å². The van der Waals surface area contributed by atoms with Crippen LogP contribution in [-0.2, 0) is 6.54 Å². The summed E-state index contributed by atoms with van der Waals surface area (Å²) in [6.45, 7) is 7.09. The minimum Gasteiger partial charge on any atom is -0.506 e. The van der Waals surface area contributed by atoms with Crippen LogP contribution in [0.15, 0.2) is 22.7 Å². The summed E-state index contributed by atoms with van der Waals surface area (Å²) in [6.07, 6.45) is 0.887. The molecule has 0 fully saturated rings. The molecule has 1 unspecified atom stereocenters. The predicted molar refractivity (Wildman–Crippen MR) is 77.6 cm³/mol. The zero-order valence-electron chi connectivity index (χ0n) is 11.2. The van der Waals surface area contributed by atoms with Crippen molar-refractivity contribution in [3.8, 4) is 5.75 Å². The van der Waals surface area contributed by atoms with Crippen molar-refractivity contribution < 1.29 is 10.2 Å². The van der Waals surface area contributed by atoms with Crippen molar-refractivity contribution in [1.29, 1.82) is 0 Å². The largest absolute Gasteiger partial charge is 0.506 e. The zero-order chi connectivity index (χ0) is 13.8. The van der Waals surface area contributed by atoms with Crippen molar-refractivity contribution in [1.82, 2.24) is 5.32 Å². The number of phenolic OH excluding ortho intramolecular Hbond substituents is 1. The molecule has 0 saturated heterocycles. The summed E-state index contributed by atoms with van der Waals surface area (Å²) < 4.78 is 0.693. The fourth-order valence-electron chi connectivity index (χ4n) is 1.90. The van der Waals surface area contributed by atoms with Crippen LogP contribution in [0.5, 0.6) is 5.75 Å². The number of halogens is 1. The lowest BCUT2D eigenvalue weighted by Crippen LogP contribution is -2.35. The fraction of sp³-hybridized carbons (Fsp3) is 0.571. The molecule has 3 nitrogen and oxygen atoms in total. The molecule has 4 heteroatoms. The lowest BCUT2D eigenvalue weighted by Gasteiger charge is -2.25. The molecule has 1 atom stereocenters. The van der Waals surface area contributed by atoms with Gasteiger partial charge in [-0.25, -0.2) is 0 Å². The monoisotopic (exact) mass is 315 g/mol. The molecule has 102 valence electrons. The summed E-state index contributed by atoms with van der Waals surface area (Å²) in [7, 11) is 0. The molecule has 1 rings (SSSR count). The van der Waals surface area contributed by atoms with Crippen LogP contribution in [0.3, 0.4) is 0 Å². The molecular weight excluding hydrogens is 294 g/mol. The summed E-state index contributed by atoms with van der Waals surface area (Å²) in [4.78, 5) is 0. The number of hydrogen-bond acceptors (Lipinski definition) is 3. The van der Waals surface area contributed by atoms with Crippen molar-refractivity contribution >= 4 is 15.9 Å². The molecule has 0 bridgehead atoms. The lowest BCUT2D eigenvalue weighted by molar-refractivity contribution is 0.197. The van der Waals surface area contributed by atoms with Gasteiger partial charge < -0.3 is 15.5 Å². The van der Waals surface area contributed by atoms with Crippen LogP contribution in [-0.4, -0.2) is 22.9 Å². The van der Waals surface area contributed by atoms with E-state index < -0.39 is 0 Å². The van der Waals surface area contributed by atoms with Crippen LogP contribution in [0.4, 0.5) is 0 Å². The van der Waals surface area contributed by atoms with Gasteiger partial charge in [0, 0.05) is 18.2 Å². The Morgan fingerprint density at radius 3 is 2.56 bits per heavy atom. The minimum absolute atomic E-state index is 0.0448. The van der Waals surface area contributed by atoms with Crippen LogP contribution in [0.1, 0.15) is 32.8 Å². The Morgan fingerprint density at radius 2 is 2.00 bits per heavy atom. The number of rotatable bonds is 5. The number of para-hydroxylation sites is 1. The second-order valence-corrected chi connectivity index (χ2v) is 6.63. The Morgan fingerprint density at radius 1 is 1.33 bits per heavy atom. The zero-order valence-corrected chi connectivity index (χ0v) is 12.8. The third kappa shape index (κ3) is 4.96. The Hall–Kier alpha value is -0.580. The molecule has 0 aliphatic heterocycles. The van der Waals surface area contributed by atoms with E-state index in [0.717, 1.165) is 12.0 Å². The highest BCUT2D eigenvalue weighted by molar-refractivity contribution is 9.10. The van der Waals surface area contributed by atoms with E-state index in [2.05, 4.69) is 42.0 Å². The van der Waals surface area contributed by atoms with Crippen molar-refractivity contribution in [3.05, 3.63) is 28.2 Å². The topological polar surface area (TPSA) is 52.5 Å². The van der Waals surface area contributed by atoms with E-state index in [4.69, 9.17) is 0 Å². The Bertz CT molecular complexity index is 388. The maximum absolute atomic E-state index is 9.87. The van der Waals surface area contributed by atoms with Gasteiger partial charge in [0.25, 0.3) is 0 Å². The average Bonchev–Trinajstić information content (AvgIpc) is 2.27. The molecule has 1 aromatic rings. The standard InChI is InChI=1S/C14H22BrNO2/c1-14(2,3)7-11(9-17)16-8-10-5-4-6-12(15)13(10)18/h4-6,11,16-18H,7-9H2,1-3H3. The highest BCUT2D eigenvalue weighted by Crippen LogP contribution is 2.27. The van der Waals surface area contributed by atoms with Crippen molar-refractivity contribution in [2.45, 2.75) is 39.8 Å². The molecule has 0 radical (unpaired) electrons. The fourth-order valence-corrected chi connectivity index (χ4v) is 2.30. The van der Waals surface area contributed by atoms with E-state index >= 15 is 0 Å². The van der Waals surface area contributed by atoms with Crippen molar-refractivity contribution in [2.24, 2.45) is 5.41 Å². The molecular formula is C14H22BrNO2. The van der Waals surface area contributed by atoms with Gasteiger partial charge in [-0.15, -0.1) is 0 Å². The molecule has 0 saturated carbocycles. The molecule has 1 aromatic carbocycles. The van der Waals surface area contributed by atoms with Gasteiger partial charge in [0.15, 0.2) is 0 Å². The molecule has 0 aliphatic carbocycles. The maximum Gasteiger partial charge on any atom is 0.134 e. The van der Waals surface area contributed by atoms with E-state index in [1.54, 1.807) is 6.07 Å². The normalized spacial score (nSPS) is 13.6. The highest BCUT2D eigenvalue weighted by Gasteiger charge is 2.18. The van der Waals surface area contributed by atoms with Crippen LogP contribution in [0.25, 0.3) is 0 Å². The van der Waals surface area contributed by atoms with Gasteiger partial charge in [-0.3, -0.25) is 0 Å². The molecule has 0 aliphatic rings. The first-order valence-electron chi connectivity index (χ1n) is 6.14. The molecule has 0 heterocycles. The van der Waals surface area contributed by atoms with Gasteiger partial charge in [-0.05, 0) is 33.8 Å². The molecule has 3 N–H and O–H groups in total. The Labute approximate surface area is 117 Å². The molecule has 18 heavy (non-hydrogen) atoms. The second kappa shape index (κ2) is 6.55. The summed E-state index contributed by atoms with van der Waals surface area (Å²) in [6, 6.07) is 5.61. The predicted octanol–water partition coefficient (Wildman–Crippen LogP) is 3.04. The summed E-state index contributed by atoms with van der Waals surface area (Å²) in [5, 5.41) is 22.5. The number of aliphatic hydroxyl groups is 1. The summed E-state index contributed by atoms with van der Waals surface area (Å²) >= 11 is 3.29. The van der Waals surface area contributed by atoms with Gasteiger partial charge in [0.2, 0.25) is 0 Å². The smallest absolute Gasteiger partial charge is 0.134 e. The van der Waals surface area contributed by atoms with Gasteiger partial charge in [0.1, 0.15) is 5.75 Å². The minimum atomic E-state index is 0.0448. The van der Waals surface area contributed by atoms with Gasteiger partial charge >= 0.3 is 0 Å². The molecule has 0 aromatic heterocycles. The van der Waals surface area contributed by atoms with Gasteiger partial charge in [0.05, 0.1) is 11.1 Å². The van der Waals surface area contributed by atoms with Crippen LogP contribution >= 0.6 is 15.9 Å². The summed E-state index contributed by atoms with van der Waals surface area (Å²) in [5.74, 6) is 0.262. The third-order valence-corrected chi connectivity index (χ3v) is 3.37. The number of benzene rings is 1. The number of phenols is 1. The maximum atomic E-state index is 9.87. The van der Waals surface area contributed by atoms with E-state index in [9.17, 15) is 10.2 Å². The second-order valence-electron chi connectivity index (χ2n) is 5.77. The first kappa shape index (κ1) is 15.5. The Kier molecular flexibility index (Phi) is 5.63. The van der Waals surface area contributed by atoms with Crippen molar-refractivity contribution in [2.75, 3.05) is 6.61 Å². The highest BCUT2D eigenvalue weighted by atomic mass is 79.9. The van der Waals surface area contributed by atoms with Gasteiger partial charge in [-0.1, -0.05) is 32.9 Å².